The van der Waals surface area contributed by atoms with Crippen LogP contribution in [0.25, 0.3) is 0 Å². The monoisotopic (exact) mass is 404 g/mol. The third-order valence-corrected chi connectivity index (χ3v) is 7.86. The summed E-state index contributed by atoms with van der Waals surface area (Å²) in [7, 11) is 0. The van der Waals surface area contributed by atoms with Gasteiger partial charge in [-0.2, -0.15) is 0 Å². The normalized spacial score (nSPS) is 32.0. The molecule has 4 aliphatic rings. The van der Waals surface area contributed by atoms with Gasteiger partial charge in [-0.25, -0.2) is 0 Å². The fraction of sp³-hybridized carbons (Fsp3) is 0.913. The average molecular weight is 405 g/mol. The largest absolute Gasteiger partial charge is 0.378 e. The molecule has 3 saturated carbocycles. The zero-order valence-electron chi connectivity index (χ0n) is 18.4. The minimum absolute atomic E-state index is 0.281. The summed E-state index contributed by atoms with van der Waals surface area (Å²) >= 11 is 0. The summed E-state index contributed by atoms with van der Waals surface area (Å²) in [5.74, 6) is 1.60. The number of aliphatic imine (C=N–C) groups is 1. The van der Waals surface area contributed by atoms with Crippen LogP contribution in [0.3, 0.4) is 0 Å². The predicted molar refractivity (Wildman–Crippen MR) is 116 cm³/mol. The molecular weight excluding hydrogens is 364 g/mol. The molecule has 164 valence electrons. The van der Waals surface area contributed by atoms with E-state index >= 15 is 0 Å². The molecule has 3 atom stereocenters. The molecule has 1 saturated heterocycles. The van der Waals surface area contributed by atoms with Gasteiger partial charge in [-0.1, -0.05) is 25.7 Å². The highest BCUT2D eigenvalue weighted by molar-refractivity contribution is 5.82. The number of carbonyl (C=O) groups excluding carboxylic acids is 1. The van der Waals surface area contributed by atoms with Crippen LogP contribution in [0.1, 0.15) is 78.1 Å². The van der Waals surface area contributed by atoms with Crippen LogP contribution in [0.5, 0.6) is 0 Å². The lowest BCUT2D eigenvalue weighted by Gasteiger charge is -2.54. The molecule has 0 aromatic heterocycles. The second-order valence-corrected chi connectivity index (χ2v) is 9.54. The first kappa shape index (κ1) is 21.0. The standard InChI is InChI=1S/C23H40N4O2/c1-3-24-22(26-19-15-20(29-4-2)23(19)12-7-8-13-23)25-18-11-14-27(16-18)21(28)17-9-5-6-10-17/h17-20H,3-16H2,1-2H3,(H2,24,25,26). The van der Waals surface area contributed by atoms with Crippen molar-refractivity contribution >= 4 is 11.9 Å². The first-order valence-electron chi connectivity index (χ1n) is 12.1. The number of hydrogen-bond donors (Lipinski definition) is 2. The third-order valence-electron chi connectivity index (χ3n) is 7.86. The molecule has 1 heterocycles. The Morgan fingerprint density at radius 3 is 2.55 bits per heavy atom. The van der Waals surface area contributed by atoms with Crippen molar-refractivity contribution in [2.24, 2.45) is 16.3 Å². The lowest BCUT2D eigenvalue weighted by atomic mass is 9.60. The second-order valence-electron chi connectivity index (χ2n) is 9.54. The Morgan fingerprint density at radius 2 is 1.86 bits per heavy atom. The second kappa shape index (κ2) is 9.23. The van der Waals surface area contributed by atoms with E-state index in [9.17, 15) is 4.79 Å². The highest BCUT2D eigenvalue weighted by Gasteiger charge is 2.57. The summed E-state index contributed by atoms with van der Waals surface area (Å²) in [6.07, 6.45) is 12.3. The topological polar surface area (TPSA) is 66.0 Å². The van der Waals surface area contributed by atoms with Gasteiger partial charge in [-0.3, -0.25) is 9.79 Å². The quantitative estimate of drug-likeness (QED) is 0.527. The van der Waals surface area contributed by atoms with Crippen LogP contribution < -0.4 is 10.6 Å². The SMILES string of the molecule is CCN=C(NC1CCN(C(=O)C2CCCC2)C1)NC1CC(OCC)C12CCCC2. The van der Waals surface area contributed by atoms with Gasteiger partial charge in [-0.05, 0) is 52.4 Å². The highest BCUT2D eigenvalue weighted by atomic mass is 16.5. The van der Waals surface area contributed by atoms with Crippen LogP contribution >= 0.6 is 0 Å². The van der Waals surface area contributed by atoms with E-state index in [-0.39, 0.29) is 5.92 Å². The maximum absolute atomic E-state index is 12.7. The van der Waals surface area contributed by atoms with Crippen molar-refractivity contribution in [3.63, 3.8) is 0 Å². The minimum atomic E-state index is 0.281. The maximum atomic E-state index is 12.7. The van der Waals surface area contributed by atoms with Gasteiger partial charge in [0.05, 0.1) is 6.10 Å². The lowest BCUT2D eigenvalue weighted by molar-refractivity contribution is -0.134. The molecule has 0 aromatic rings. The summed E-state index contributed by atoms with van der Waals surface area (Å²) in [5, 5.41) is 7.41. The van der Waals surface area contributed by atoms with Gasteiger partial charge >= 0.3 is 0 Å². The van der Waals surface area contributed by atoms with Crippen LogP contribution in [0.4, 0.5) is 0 Å². The molecule has 0 bridgehead atoms. The van der Waals surface area contributed by atoms with E-state index < -0.39 is 0 Å². The Labute approximate surface area is 176 Å². The van der Waals surface area contributed by atoms with Crippen LogP contribution in [0, 0.1) is 11.3 Å². The van der Waals surface area contributed by atoms with E-state index in [1.807, 2.05) is 0 Å². The van der Waals surface area contributed by atoms with E-state index in [2.05, 4.69) is 29.4 Å². The Bertz CT molecular complexity index is 596. The first-order valence-corrected chi connectivity index (χ1v) is 12.1. The number of carbonyl (C=O) groups is 1. The average Bonchev–Trinajstić information content (AvgIpc) is 3.49. The summed E-state index contributed by atoms with van der Waals surface area (Å²) in [4.78, 5) is 19.6. The molecule has 6 heteroatoms. The van der Waals surface area contributed by atoms with Crippen molar-refractivity contribution in [3.05, 3.63) is 0 Å². The highest BCUT2D eigenvalue weighted by Crippen LogP contribution is 2.54. The summed E-state index contributed by atoms with van der Waals surface area (Å²) in [6, 6.07) is 0.762. The smallest absolute Gasteiger partial charge is 0.225 e. The van der Waals surface area contributed by atoms with E-state index in [1.54, 1.807) is 0 Å². The van der Waals surface area contributed by atoms with Crippen LogP contribution in [-0.2, 0) is 9.53 Å². The van der Waals surface area contributed by atoms with Crippen molar-refractivity contribution in [3.8, 4) is 0 Å². The Hall–Kier alpha value is -1.30. The number of nitrogens with zero attached hydrogens (tertiary/aromatic N) is 2. The fourth-order valence-corrected chi connectivity index (χ4v) is 6.25. The molecule has 6 nitrogen and oxygen atoms in total. The van der Waals surface area contributed by atoms with Crippen molar-refractivity contribution in [2.45, 2.75) is 96.2 Å². The van der Waals surface area contributed by atoms with Gasteiger partial charge in [0.15, 0.2) is 5.96 Å². The van der Waals surface area contributed by atoms with Gasteiger partial charge < -0.3 is 20.3 Å². The van der Waals surface area contributed by atoms with Gasteiger partial charge in [0.1, 0.15) is 0 Å². The first-order chi connectivity index (χ1) is 14.2. The number of likely N-dealkylation sites (tertiary alicyclic amines) is 1. The van der Waals surface area contributed by atoms with E-state index in [0.29, 0.717) is 29.5 Å². The van der Waals surface area contributed by atoms with Gasteiger partial charge in [0.2, 0.25) is 5.91 Å². The molecule has 1 spiro atoms. The van der Waals surface area contributed by atoms with Crippen molar-refractivity contribution in [1.82, 2.24) is 15.5 Å². The molecule has 0 radical (unpaired) electrons. The Balaban J connectivity index is 1.32. The molecule has 29 heavy (non-hydrogen) atoms. The fourth-order valence-electron chi connectivity index (χ4n) is 6.25. The number of nitrogens with one attached hydrogen (secondary N) is 2. The summed E-state index contributed by atoms with van der Waals surface area (Å²) < 4.78 is 6.07. The lowest BCUT2D eigenvalue weighted by Crippen LogP contribution is -2.65. The van der Waals surface area contributed by atoms with Gasteiger partial charge in [-0.15, -0.1) is 0 Å². The van der Waals surface area contributed by atoms with Crippen LogP contribution in [-0.4, -0.2) is 61.2 Å². The molecule has 0 aromatic carbocycles. The summed E-state index contributed by atoms with van der Waals surface area (Å²) in [6.45, 7) is 7.46. The molecule has 3 unspecified atom stereocenters. The molecule has 1 aliphatic heterocycles. The van der Waals surface area contributed by atoms with E-state index in [1.165, 1.54) is 38.5 Å². The van der Waals surface area contributed by atoms with Crippen molar-refractivity contribution < 1.29 is 9.53 Å². The number of hydrogen-bond acceptors (Lipinski definition) is 3. The maximum Gasteiger partial charge on any atom is 0.225 e. The van der Waals surface area contributed by atoms with Crippen molar-refractivity contribution in [1.29, 1.82) is 0 Å². The number of rotatable bonds is 6. The molecule has 4 rings (SSSR count). The molecular formula is C23H40N4O2. The Kier molecular flexibility index (Phi) is 6.67. The predicted octanol–water partition coefficient (Wildman–Crippen LogP) is 3.07. The van der Waals surface area contributed by atoms with E-state index in [4.69, 9.17) is 9.73 Å². The number of guanidine groups is 1. The van der Waals surface area contributed by atoms with E-state index in [0.717, 1.165) is 57.9 Å². The summed E-state index contributed by atoms with van der Waals surface area (Å²) in [5.41, 5.74) is 0.298. The van der Waals surface area contributed by atoms with Gasteiger partial charge in [0.25, 0.3) is 0 Å². The van der Waals surface area contributed by atoms with Gasteiger partial charge in [0, 0.05) is 49.7 Å². The number of ether oxygens (including phenoxy) is 1. The van der Waals surface area contributed by atoms with Crippen LogP contribution in [0.15, 0.2) is 4.99 Å². The molecule has 1 amide bonds. The molecule has 3 aliphatic carbocycles. The zero-order chi connectivity index (χ0) is 20.3. The third kappa shape index (κ3) is 4.28. The Morgan fingerprint density at radius 1 is 1.10 bits per heavy atom. The van der Waals surface area contributed by atoms with Crippen molar-refractivity contribution in [2.75, 3.05) is 26.2 Å². The molecule has 4 fully saturated rings. The minimum Gasteiger partial charge on any atom is -0.378 e. The number of amides is 1. The van der Waals surface area contributed by atoms with Crippen LogP contribution in [0.2, 0.25) is 0 Å². The molecule has 2 N–H and O–H groups in total. The zero-order valence-corrected chi connectivity index (χ0v) is 18.4.